The molecule has 3 aromatic rings. The molecule has 4 rings (SSSR count). The number of amides is 1. The second kappa shape index (κ2) is 7.52. The van der Waals surface area contributed by atoms with Gasteiger partial charge in [-0.2, -0.15) is 4.31 Å². The van der Waals surface area contributed by atoms with E-state index in [1.165, 1.54) is 34.0 Å². The van der Waals surface area contributed by atoms with E-state index in [1.54, 1.807) is 17.0 Å². The van der Waals surface area contributed by atoms with Gasteiger partial charge in [0.25, 0.3) is 10.0 Å². The zero-order chi connectivity index (χ0) is 20.8. The number of rotatable bonds is 6. The number of nitrogen functional groups attached to an aromatic ring is 1. The maximum absolute atomic E-state index is 13.1. The van der Waals surface area contributed by atoms with E-state index >= 15 is 0 Å². The van der Waals surface area contributed by atoms with Crippen molar-refractivity contribution in [2.45, 2.75) is 23.2 Å². The lowest BCUT2D eigenvalue weighted by Gasteiger charge is -2.22. The van der Waals surface area contributed by atoms with Crippen LogP contribution in [0.1, 0.15) is 16.9 Å². The fourth-order valence-corrected chi connectivity index (χ4v) is 7.13. The largest absolute Gasteiger partial charge is 0.383 e. The monoisotopic (exact) mass is 448 g/mol. The maximum Gasteiger partial charge on any atom is 0.253 e. The normalized spacial score (nSPS) is 17.5. The summed E-state index contributed by atoms with van der Waals surface area (Å²) in [4.78, 5) is 15.2. The molecule has 0 bridgehead atoms. The van der Waals surface area contributed by atoms with Crippen LogP contribution in [0.25, 0.3) is 10.1 Å². The van der Waals surface area contributed by atoms with Gasteiger partial charge in [-0.3, -0.25) is 10.2 Å². The first-order valence-corrected chi connectivity index (χ1v) is 12.1. The van der Waals surface area contributed by atoms with Crippen molar-refractivity contribution in [1.29, 1.82) is 5.41 Å². The summed E-state index contributed by atoms with van der Waals surface area (Å²) in [6.45, 7) is 0.872. The van der Waals surface area contributed by atoms with E-state index in [0.29, 0.717) is 24.4 Å². The summed E-state index contributed by atoms with van der Waals surface area (Å²) in [6.07, 6.45) is 0.448. The van der Waals surface area contributed by atoms with Crippen LogP contribution in [0.3, 0.4) is 0 Å². The van der Waals surface area contributed by atoms with Crippen molar-refractivity contribution in [3.05, 3.63) is 52.2 Å². The van der Waals surface area contributed by atoms with Gasteiger partial charge in [-0.15, -0.1) is 22.7 Å². The van der Waals surface area contributed by atoms with Crippen LogP contribution >= 0.6 is 22.7 Å². The molecule has 1 aromatic carbocycles. The fourth-order valence-electron chi connectivity index (χ4n) is 3.43. The van der Waals surface area contributed by atoms with Crippen LogP contribution < -0.4 is 5.73 Å². The molecule has 10 heteroatoms. The van der Waals surface area contributed by atoms with Gasteiger partial charge in [0.15, 0.2) is 0 Å². The molecule has 1 amide bonds. The summed E-state index contributed by atoms with van der Waals surface area (Å²) in [7, 11) is -2.28. The molecule has 1 unspecified atom stereocenters. The molecule has 1 atom stereocenters. The molecule has 0 saturated carbocycles. The molecule has 1 fully saturated rings. The lowest BCUT2D eigenvalue weighted by atomic mass is 10.2. The first-order chi connectivity index (χ1) is 13.8. The van der Waals surface area contributed by atoms with Gasteiger partial charge in [0.2, 0.25) is 5.91 Å². The average Bonchev–Trinajstić information content (AvgIpc) is 3.41. The number of thiophene rings is 2. The Morgan fingerprint density at radius 1 is 1.34 bits per heavy atom. The Morgan fingerprint density at radius 3 is 2.79 bits per heavy atom. The Bertz CT molecular complexity index is 1170. The molecule has 0 aliphatic carbocycles. The van der Waals surface area contributed by atoms with Crippen molar-refractivity contribution in [3.63, 3.8) is 0 Å². The Morgan fingerprint density at radius 2 is 2.10 bits per heavy atom. The predicted octanol–water partition coefficient (Wildman–Crippen LogP) is 2.67. The Kier molecular flexibility index (Phi) is 5.19. The number of hydrogen-bond donors (Lipinski definition) is 2. The number of benzene rings is 1. The highest BCUT2D eigenvalue weighted by Gasteiger charge is 2.40. The van der Waals surface area contributed by atoms with Gasteiger partial charge >= 0.3 is 0 Å². The van der Waals surface area contributed by atoms with Crippen molar-refractivity contribution in [2.24, 2.45) is 5.73 Å². The summed E-state index contributed by atoms with van der Waals surface area (Å²) >= 11 is 2.58. The fraction of sp³-hybridized carbons (Fsp3) is 0.263. The van der Waals surface area contributed by atoms with Crippen LogP contribution in [-0.2, 0) is 21.4 Å². The van der Waals surface area contributed by atoms with Crippen molar-refractivity contribution in [1.82, 2.24) is 9.21 Å². The average molecular weight is 449 g/mol. The molecule has 0 spiro atoms. The molecule has 1 saturated heterocycles. The number of sulfonamides is 1. The van der Waals surface area contributed by atoms with E-state index in [0.717, 1.165) is 15.6 Å². The third-order valence-electron chi connectivity index (χ3n) is 5.04. The molecule has 3 heterocycles. The van der Waals surface area contributed by atoms with Gasteiger partial charge < -0.3 is 10.6 Å². The molecule has 2 aromatic heterocycles. The smallest absolute Gasteiger partial charge is 0.253 e. The lowest BCUT2D eigenvalue weighted by molar-refractivity contribution is -0.131. The highest BCUT2D eigenvalue weighted by molar-refractivity contribution is 7.91. The number of likely N-dealkylation sites (tertiary alicyclic amines) is 1. The third kappa shape index (κ3) is 3.68. The van der Waals surface area contributed by atoms with Gasteiger partial charge in [0.1, 0.15) is 16.1 Å². The minimum absolute atomic E-state index is 0.000960. The highest BCUT2D eigenvalue weighted by Crippen LogP contribution is 2.32. The highest BCUT2D eigenvalue weighted by atomic mass is 32.2. The first-order valence-electron chi connectivity index (χ1n) is 8.94. The summed E-state index contributed by atoms with van der Waals surface area (Å²) in [5.74, 6) is -0.200. The Labute approximate surface area is 176 Å². The number of nitrogens with zero attached hydrogens (tertiary/aromatic N) is 2. The number of likely N-dealkylation sites (N-methyl/N-ethyl adjacent to an activating group) is 1. The molecule has 1 aliphatic heterocycles. The SMILES string of the molecule is CN(C1CCN(Cc2csc(C(=N)N)c2)C1=O)S(=O)(=O)c1cc2ccccc2s1. The third-order valence-corrected chi connectivity index (χ3v) is 9.48. The van der Waals surface area contributed by atoms with E-state index in [-0.39, 0.29) is 16.0 Å². The second-order valence-electron chi connectivity index (χ2n) is 6.92. The lowest BCUT2D eigenvalue weighted by Crippen LogP contribution is -2.42. The van der Waals surface area contributed by atoms with Crippen molar-refractivity contribution < 1.29 is 13.2 Å². The molecular weight excluding hydrogens is 428 g/mol. The second-order valence-corrected chi connectivity index (χ2v) is 11.1. The molecular formula is C19H20N4O3S3. The standard InChI is InChI=1S/C19H20N4O3S3/c1-22(29(25,26)17-9-13-4-2-3-5-15(13)28-17)14-6-7-23(19(14)24)10-12-8-16(18(20)21)27-11-12/h2-5,8-9,11,14H,6-7,10H2,1H3,(H3,20,21). The minimum atomic E-state index is -3.76. The molecule has 3 N–H and O–H groups in total. The van der Waals surface area contributed by atoms with Gasteiger partial charge in [-0.25, -0.2) is 8.42 Å². The molecule has 7 nitrogen and oxygen atoms in total. The molecule has 0 radical (unpaired) electrons. The predicted molar refractivity (Wildman–Crippen MR) is 116 cm³/mol. The Hall–Kier alpha value is -2.27. The zero-order valence-corrected chi connectivity index (χ0v) is 18.1. The quantitative estimate of drug-likeness (QED) is 0.446. The number of carbonyl (C=O) groups excluding carboxylic acids is 1. The van der Waals surface area contributed by atoms with Gasteiger partial charge in [-0.1, -0.05) is 18.2 Å². The van der Waals surface area contributed by atoms with Gasteiger partial charge in [0, 0.05) is 24.8 Å². The van der Waals surface area contributed by atoms with E-state index in [2.05, 4.69) is 0 Å². The maximum atomic E-state index is 13.1. The van der Waals surface area contributed by atoms with E-state index in [4.69, 9.17) is 11.1 Å². The summed E-state index contributed by atoms with van der Waals surface area (Å²) in [5, 5.41) is 10.2. The number of hydrogen-bond acceptors (Lipinski definition) is 6. The zero-order valence-electron chi connectivity index (χ0n) is 15.7. The number of nitrogens with two attached hydrogens (primary N) is 1. The van der Waals surface area contributed by atoms with Crippen molar-refractivity contribution >= 4 is 54.5 Å². The summed E-state index contributed by atoms with van der Waals surface area (Å²) in [5.41, 5.74) is 6.39. The number of nitrogens with one attached hydrogen (secondary N) is 1. The van der Waals surface area contributed by atoms with Crippen LogP contribution in [0, 0.1) is 5.41 Å². The van der Waals surface area contributed by atoms with E-state index in [1.807, 2.05) is 29.6 Å². The van der Waals surface area contributed by atoms with Gasteiger partial charge in [0.05, 0.1) is 4.88 Å². The van der Waals surface area contributed by atoms with E-state index in [9.17, 15) is 13.2 Å². The van der Waals surface area contributed by atoms with E-state index < -0.39 is 16.1 Å². The van der Waals surface area contributed by atoms with Crippen molar-refractivity contribution in [2.75, 3.05) is 13.6 Å². The van der Waals surface area contributed by atoms with Crippen LogP contribution in [0.5, 0.6) is 0 Å². The Balaban J connectivity index is 1.51. The number of carbonyl (C=O) groups is 1. The van der Waals surface area contributed by atoms with Crippen LogP contribution in [0.2, 0.25) is 0 Å². The molecule has 152 valence electrons. The van der Waals surface area contributed by atoms with Gasteiger partial charge in [-0.05, 0) is 40.9 Å². The number of fused-ring (bicyclic) bond motifs is 1. The topological polar surface area (TPSA) is 108 Å². The number of amidine groups is 1. The van der Waals surface area contributed by atoms with Crippen LogP contribution in [0.15, 0.2) is 46.0 Å². The van der Waals surface area contributed by atoms with Crippen molar-refractivity contribution in [3.8, 4) is 0 Å². The molecule has 1 aliphatic rings. The van der Waals surface area contributed by atoms with Crippen LogP contribution in [0.4, 0.5) is 0 Å². The summed E-state index contributed by atoms with van der Waals surface area (Å²) < 4.78 is 28.6. The first kappa shape index (κ1) is 20.0. The summed E-state index contributed by atoms with van der Waals surface area (Å²) in [6, 6.07) is 10.3. The molecule has 29 heavy (non-hydrogen) atoms. The minimum Gasteiger partial charge on any atom is -0.383 e. The van der Waals surface area contributed by atoms with Crippen LogP contribution in [-0.4, -0.2) is 49.0 Å².